The number of Topliss-reactive ketones (excluding diaryl/α,β-unsaturated/α-hetero) is 1. The zero-order chi connectivity index (χ0) is 24.0. The van der Waals surface area contributed by atoms with E-state index in [1.165, 1.54) is 30.0 Å². The van der Waals surface area contributed by atoms with Crippen LogP contribution in [0.2, 0.25) is 0 Å². The molecule has 10 heteroatoms. The number of nitro groups is 1. The van der Waals surface area contributed by atoms with Gasteiger partial charge in [0.05, 0.1) is 4.92 Å². The predicted octanol–water partition coefficient (Wildman–Crippen LogP) is 5.28. The van der Waals surface area contributed by atoms with Crippen LogP contribution in [0.25, 0.3) is 0 Å². The monoisotopic (exact) mass is 479 g/mol. The molecule has 1 aliphatic heterocycles. The minimum absolute atomic E-state index is 0.0167. The molecule has 2 aliphatic rings. The smallest absolute Gasteiger partial charge is 0.269 e. The Hall–Kier alpha value is -3.53. The van der Waals surface area contributed by atoms with Crippen LogP contribution in [0.5, 0.6) is 0 Å². The predicted molar refractivity (Wildman–Crippen MR) is 126 cm³/mol. The number of non-ortho nitro benzene ring substituents is 1. The van der Waals surface area contributed by atoms with Gasteiger partial charge in [-0.2, -0.15) is 4.98 Å². The lowest BCUT2D eigenvalue weighted by molar-refractivity contribution is -0.384. The SMILES string of the molecule is CC1(C)CC(=O)C2=C(C1)Nc1nc(SCc3ccccc3F)nn1C2c1cccc([N+](=O)[O-])c1. The number of nitro benzene ring substituents is 1. The summed E-state index contributed by atoms with van der Waals surface area (Å²) >= 11 is 1.29. The highest BCUT2D eigenvalue weighted by molar-refractivity contribution is 7.98. The second kappa shape index (κ2) is 8.35. The summed E-state index contributed by atoms with van der Waals surface area (Å²) in [5.41, 5.74) is 2.18. The van der Waals surface area contributed by atoms with E-state index in [4.69, 9.17) is 0 Å². The van der Waals surface area contributed by atoms with Crippen LogP contribution < -0.4 is 5.32 Å². The lowest BCUT2D eigenvalue weighted by Crippen LogP contribution is -2.36. The second-order valence-electron chi connectivity index (χ2n) is 9.26. The lowest BCUT2D eigenvalue weighted by atomic mass is 9.73. The van der Waals surface area contributed by atoms with Crippen molar-refractivity contribution in [2.75, 3.05) is 5.32 Å². The van der Waals surface area contributed by atoms with Gasteiger partial charge in [-0.05, 0) is 29.0 Å². The van der Waals surface area contributed by atoms with Crippen molar-refractivity contribution < 1.29 is 14.1 Å². The number of aromatic nitrogens is 3. The minimum Gasteiger partial charge on any atom is -0.328 e. The molecule has 0 radical (unpaired) electrons. The molecule has 5 rings (SSSR count). The fourth-order valence-electron chi connectivity index (χ4n) is 4.52. The van der Waals surface area contributed by atoms with Gasteiger partial charge >= 0.3 is 0 Å². The topological polar surface area (TPSA) is 103 Å². The maximum Gasteiger partial charge on any atom is 0.269 e. The second-order valence-corrected chi connectivity index (χ2v) is 10.2. The molecule has 0 amide bonds. The number of hydrogen-bond acceptors (Lipinski definition) is 7. The molecule has 2 heterocycles. The highest BCUT2D eigenvalue weighted by Crippen LogP contribution is 2.46. The van der Waals surface area contributed by atoms with E-state index >= 15 is 0 Å². The van der Waals surface area contributed by atoms with Crippen LogP contribution in [0.15, 0.2) is 65.0 Å². The summed E-state index contributed by atoms with van der Waals surface area (Å²) in [5, 5.41) is 19.7. The number of fused-ring (bicyclic) bond motifs is 1. The molecule has 34 heavy (non-hydrogen) atoms. The molecule has 1 unspecified atom stereocenters. The molecular weight excluding hydrogens is 457 g/mol. The molecule has 3 aromatic rings. The molecule has 0 fully saturated rings. The highest BCUT2D eigenvalue weighted by Gasteiger charge is 2.42. The van der Waals surface area contributed by atoms with E-state index in [0.717, 1.165) is 5.70 Å². The number of nitrogens with one attached hydrogen (secondary N) is 1. The quantitative estimate of drug-likeness (QED) is 0.302. The van der Waals surface area contributed by atoms with Crippen molar-refractivity contribution >= 4 is 29.2 Å². The van der Waals surface area contributed by atoms with Gasteiger partial charge in [0.15, 0.2) is 5.78 Å². The third-order valence-electron chi connectivity index (χ3n) is 6.02. The van der Waals surface area contributed by atoms with Crippen LogP contribution in [-0.2, 0) is 10.5 Å². The molecule has 0 saturated carbocycles. The number of benzene rings is 2. The summed E-state index contributed by atoms with van der Waals surface area (Å²) < 4.78 is 15.7. The van der Waals surface area contributed by atoms with Crippen LogP contribution in [0.4, 0.5) is 16.0 Å². The molecule has 0 bridgehead atoms. The summed E-state index contributed by atoms with van der Waals surface area (Å²) in [6, 6.07) is 12.2. The zero-order valence-corrected chi connectivity index (χ0v) is 19.4. The van der Waals surface area contributed by atoms with Crippen molar-refractivity contribution in [3.8, 4) is 0 Å². The molecule has 0 spiro atoms. The van der Waals surface area contributed by atoms with E-state index in [2.05, 4.69) is 15.4 Å². The number of carbonyl (C=O) groups is 1. The van der Waals surface area contributed by atoms with Crippen molar-refractivity contribution in [1.29, 1.82) is 0 Å². The van der Waals surface area contributed by atoms with Gasteiger partial charge < -0.3 is 5.32 Å². The van der Waals surface area contributed by atoms with Crippen molar-refractivity contribution in [2.45, 2.75) is 43.6 Å². The normalized spacial score (nSPS) is 18.8. The molecule has 8 nitrogen and oxygen atoms in total. The number of carbonyl (C=O) groups excluding carboxylic acids is 1. The number of hydrogen-bond donors (Lipinski definition) is 1. The summed E-state index contributed by atoms with van der Waals surface area (Å²) in [6.07, 6.45) is 1.02. The third kappa shape index (κ3) is 4.09. The largest absolute Gasteiger partial charge is 0.328 e. The zero-order valence-electron chi connectivity index (χ0n) is 18.6. The first-order valence-electron chi connectivity index (χ1n) is 10.8. The van der Waals surface area contributed by atoms with E-state index in [-0.39, 0.29) is 22.7 Å². The first kappa shape index (κ1) is 22.3. The Bertz CT molecular complexity index is 1350. The average Bonchev–Trinajstić information content (AvgIpc) is 3.18. The van der Waals surface area contributed by atoms with Crippen molar-refractivity contribution in [3.63, 3.8) is 0 Å². The molecule has 174 valence electrons. The van der Waals surface area contributed by atoms with Gasteiger partial charge in [0.2, 0.25) is 11.1 Å². The van der Waals surface area contributed by atoms with Crippen LogP contribution >= 0.6 is 11.8 Å². The van der Waals surface area contributed by atoms with Crippen molar-refractivity contribution in [1.82, 2.24) is 14.8 Å². The van der Waals surface area contributed by atoms with Crippen molar-refractivity contribution in [2.24, 2.45) is 5.41 Å². The molecule has 1 N–H and O–H groups in total. The van der Waals surface area contributed by atoms with Crippen LogP contribution in [-0.4, -0.2) is 25.5 Å². The Morgan fingerprint density at radius 1 is 1.24 bits per heavy atom. The van der Waals surface area contributed by atoms with E-state index in [1.807, 2.05) is 13.8 Å². The summed E-state index contributed by atoms with van der Waals surface area (Å²) in [4.78, 5) is 28.8. The number of thioether (sulfide) groups is 1. The fourth-order valence-corrected chi connectivity index (χ4v) is 5.34. The molecule has 1 atom stereocenters. The van der Waals surface area contributed by atoms with E-state index in [1.54, 1.807) is 35.0 Å². The molecule has 0 saturated heterocycles. The van der Waals surface area contributed by atoms with Gasteiger partial charge in [-0.15, -0.1) is 5.10 Å². The molecule has 2 aromatic carbocycles. The number of nitrogens with zero attached hydrogens (tertiary/aromatic N) is 4. The minimum atomic E-state index is -0.634. The Balaban J connectivity index is 1.56. The summed E-state index contributed by atoms with van der Waals surface area (Å²) in [5.74, 6) is 0.488. The van der Waals surface area contributed by atoms with E-state index in [9.17, 15) is 19.3 Å². The maximum atomic E-state index is 14.1. The average molecular weight is 480 g/mol. The first-order chi connectivity index (χ1) is 16.2. The van der Waals surface area contributed by atoms with E-state index in [0.29, 0.717) is 46.4 Å². The van der Waals surface area contributed by atoms with Crippen molar-refractivity contribution in [3.05, 3.63) is 86.9 Å². The van der Waals surface area contributed by atoms with Gasteiger partial charge in [-0.3, -0.25) is 14.9 Å². The van der Waals surface area contributed by atoms with Crippen LogP contribution in [0.1, 0.15) is 43.9 Å². The van der Waals surface area contributed by atoms with Crippen LogP contribution in [0, 0.1) is 21.3 Å². The van der Waals surface area contributed by atoms with Gasteiger partial charge in [0.1, 0.15) is 11.9 Å². The number of halogens is 1. The number of rotatable bonds is 5. The molecular formula is C24H22FN5O3S. The Labute approximate surface area is 199 Å². The third-order valence-corrected chi connectivity index (χ3v) is 6.91. The number of ketones is 1. The summed E-state index contributed by atoms with van der Waals surface area (Å²) in [7, 11) is 0. The Morgan fingerprint density at radius 2 is 2.03 bits per heavy atom. The molecule has 1 aromatic heterocycles. The van der Waals surface area contributed by atoms with Gasteiger partial charge in [-0.1, -0.05) is 55.9 Å². The standard InChI is InChI=1S/C24H22FN5O3S/c1-24(2)11-18-20(19(31)12-24)21(14-7-5-8-16(10-14)30(32)33)29-22(26-18)27-23(28-29)34-13-15-6-3-4-9-17(15)25/h3-10,21H,11-13H2,1-2H3,(H,26,27,28). The fraction of sp³-hybridized carbons (Fsp3) is 0.292. The first-order valence-corrected chi connectivity index (χ1v) is 11.8. The number of allylic oxidation sites excluding steroid dienone is 2. The van der Waals surface area contributed by atoms with Gasteiger partial charge in [0, 0.05) is 35.6 Å². The van der Waals surface area contributed by atoms with Gasteiger partial charge in [0.25, 0.3) is 5.69 Å². The van der Waals surface area contributed by atoms with Crippen LogP contribution in [0.3, 0.4) is 0 Å². The lowest BCUT2D eigenvalue weighted by Gasteiger charge is -2.38. The Kier molecular flexibility index (Phi) is 5.47. The maximum absolute atomic E-state index is 14.1. The Morgan fingerprint density at radius 3 is 2.79 bits per heavy atom. The summed E-state index contributed by atoms with van der Waals surface area (Å²) in [6.45, 7) is 4.07. The highest BCUT2D eigenvalue weighted by atomic mass is 32.2. The number of anilines is 1. The van der Waals surface area contributed by atoms with E-state index < -0.39 is 11.0 Å². The van der Waals surface area contributed by atoms with Gasteiger partial charge in [-0.25, -0.2) is 9.07 Å². The molecule has 1 aliphatic carbocycles.